The zero-order chi connectivity index (χ0) is 13.9. The Hall–Kier alpha value is -1.87. The summed E-state index contributed by atoms with van der Waals surface area (Å²) >= 11 is 0. The molecule has 3 heteroatoms. The van der Waals surface area contributed by atoms with Gasteiger partial charge < -0.3 is 10.6 Å². The van der Waals surface area contributed by atoms with Gasteiger partial charge in [0.15, 0.2) is 0 Å². The SMILES string of the molecule is NCCc1cc(F)ccc1N1CCCc2ccccc21. The Balaban J connectivity index is 2.06. The third-order valence-corrected chi connectivity index (χ3v) is 3.86. The molecule has 104 valence electrons. The van der Waals surface area contributed by atoms with Gasteiger partial charge in [0, 0.05) is 17.9 Å². The number of nitrogens with two attached hydrogens (primary N) is 1. The van der Waals surface area contributed by atoms with Crippen LogP contribution < -0.4 is 10.6 Å². The summed E-state index contributed by atoms with van der Waals surface area (Å²) in [6, 6.07) is 13.5. The molecule has 0 aliphatic carbocycles. The molecule has 2 aromatic rings. The van der Waals surface area contributed by atoms with E-state index in [9.17, 15) is 4.39 Å². The lowest BCUT2D eigenvalue weighted by Gasteiger charge is -2.33. The van der Waals surface area contributed by atoms with Crippen molar-refractivity contribution in [2.45, 2.75) is 19.3 Å². The minimum Gasteiger partial charge on any atom is -0.341 e. The van der Waals surface area contributed by atoms with Crippen molar-refractivity contribution in [1.29, 1.82) is 0 Å². The zero-order valence-electron chi connectivity index (χ0n) is 11.5. The van der Waals surface area contributed by atoms with Crippen molar-refractivity contribution in [2.75, 3.05) is 18.0 Å². The first-order valence-electron chi connectivity index (χ1n) is 7.13. The van der Waals surface area contributed by atoms with Gasteiger partial charge in [0.2, 0.25) is 0 Å². The molecule has 3 rings (SSSR count). The molecule has 0 fully saturated rings. The number of benzene rings is 2. The Morgan fingerprint density at radius 1 is 1.10 bits per heavy atom. The highest BCUT2D eigenvalue weighted by Crippen LogP contribution is 2.35. The number of hydrogen-bond donors (Lipinski definition) is 1. The smallest absolute Gasteiger partial charge is 0.123 e. The fourth-order valence-corrected chi connectivity index (χ4v) is 2.96. The molecule has 1 aliphatic rings. The first-order chi connectivity index (χ1) is 9.79. The number of anilines is 2. The third-order valence-electron chi connectivity index (χ3n) is 3.86. The lowest BCUT2D eigenvalue weighted by Crippen LogP contribution is -2.25. The van der Waals surface area contributed by atoms with Crippen LogP contribution in [0.2, 0.25) is 0 Å². The Morgan fingerprint density at radius 2 is 1.95 bits per heavy atom. The third kappa shape index (κ3) is 2.41. The Kier molecular flexibility index (Phi) is 3.70. The molecular weight excluding hydrogens is 251 g/mol. The van der Waals surface area contributed by atoms with Crippen LogP contribution in [0, 0.1) is 5.82 Å². The van der Waals surface area contributed by atoms with E-state index in [0.717, 1.165) is 30.6 Å². The topological polar surface area (TPSA) is 29.3 Å². The lowest BCUT2D eigenvalue weighted by atomic mass is 9.99. The molecule has 2 aromatic carbocycles. The van der Waals surface area contributed by atoms with E-state index in [2.05, 4.69) is 29.2 Å². The summed E-state index contributed by atoms with van der Waals surface area (Å²) in [6.07, 6.45) is 2.93. The summed E-state index contributed by atoms with van der Waals surface area (Å²) in [5.74, 6) is -0.192. The van der Waals surface area contributed by atoms with Crippen molar-refractivity contribution in [3.8, 4) is 0 Å². The van der Waals surface area contributed by atoms with Gasteiger partial charge in [0.25, 0.3) is 0 Å². The zero-order valence-corrected chi connectivity index (χ0v) is 11.5. The molecule has 2 N–H and O–H groups in total. The molecule has 0 saturated carbocycles. The van der Waals surface area contributed by atoms with Crippen LogP contribution in [0.15, 0.2) is 42.5 Å². The molecule has 20 heavy (non-hydrogen) atoms. The molecule has 2 nitrogen and oxygen atoms in total. The minimum atomic E-state index is -0.192. The molecule has 0 aromatic heterocycles. The highest BCUT2D eigenvalue weighted by Gasteiger charge is 2.19. The van der Waals surface area contributed by atoms with Crippen LogP contribution >= 0.6 is 0 Å². The molecule has 1 aliphatic heterocycles. The Labute approximate surface area is 119 Å². The maximum Gasteiger partial charge on any atom is 0.123 e. The maximum absolute atomic E-state index is 13.5. The molecule has 0 radical (unpaired) electrons. The van der Waals surface area contributed by atoms with Crippen LogP contribution in [0.25, 0.3) is 0 Å². The van der Waals surface area contributed by atoms with Crippen LogP contribution in [0.5, 0.6) is 0 Å². The van der Waals surface area contributed by atoms with Gasteiger partial charge >= 0.3 is 0 Å². The fourth-order valence-electron chi connectivity index (χ4n) is 2.96. The van der Waals surface area contributed by atoms with Gasteiger partial charge in [-0.05, 0) is 61.2 Å². The van der Waals surface area contributed by atoms with Crippen molar-refractivity contribution in [2.24, 2.45) is 5.73 Å². The Bertz CT molecular complexity index is 610. The van der Waals surface area contributed by atoms with E-state index in [1.807, 2.05) is 6.07 Å². The summed E-state index contributed by atoms with van der Waals surface area (Å²) < 4.78 is 13.5. The highest BCUT2D eigenvalue weighted by molar-refractivity contribution is 5.70. The number of para-hydroxylation sites is 1. The average molecular weight is 270 g/mol. The summed E-state index contributed by atoms with van der Waals surface area (Å²) in [6.45, 7) is 1.51. The number of hydrogen-bond acceptors (Lipinski definition) is 2. The van der Waals surface area contributed by atoms with Crippen LogP contribution in [-0.4, -0.2) is 13.1 Å². The van der Waals surface area contributed by atoms with Crippen LogP contribution in [0.3, 0.4) is 0 Å². The largest absolute Gasteiger partial charge is 0.341 e. The second-order valence-electron chi connectivity index (χ2n) is 5.20. The minimum absolute atomic E-state index is 0.192. The number of rotatable bonds is 3. The van der Waals surface area contributed by atoms with E-state index >= 15 is 0 Å². The first kappa shape index (κ1) is 13.1. The van der Waals surface area contributed by atoms with Gasteiger partial charge in [-0.25, -0.2) is 4.39 Å². The molecule has 0 spiro atoms. The summed E-state index contributed by atoms with van der Waals surface area (Å²) in [5, 5.41) is 0. The molecule has 0 atom stereocenters. The fraction of sp³-hybridized carbons (Fsp3) is 0.294. The van der Waals surface area contributed by atoms with E-state index in [-0.39, 0.29) is 5.82 Å². The number of aryl methyl sites for hydroxylation is 1. The van der Waals surface area contributed by atoms with Gasteiger partial charge in [-0.1, -0.05) is 18.2 Å². The lowest BCUT2D eigenvalue weighted by molar-refractivity contribution is 0.625. The predicted octanol–water partition coefficient (Wildman–Crippen LogP) is 3.41. The quantitative estimate of drug-likeness (QED) is 0.926. The molecule has 0 saturated heterocycles. The maximum atomic E-state index is 13.5. The normalized spacial score (nSPS) is 14.2. The summed E-state index contributed by atoms with van der Waals surface area (Å²) in [4.78, 5) is 2.29. The monoisotopic (exact) mass is 270 g/mol. The van der Waals surface area contributed by atoms with Crippen LogP contribution in [0.4, 0.5) is 15.8 Å². The van der Waals surface area contributed by atoms with Crippen molar-refractivity contribution in [3.63, 3.8) is 0 Å². The van der Waals surface area contributed by atoms with E-state index in [4.69, 9.17) is 5.73 Å². The van der Waals surface area contributed by atoms with E-state index in [1.54, 1.807) is 6.07 Å². The predicted molar refractivity (Wildman–Crippen MR) is 80.9 cm³/mol. The number of halogens is 1. The van der Waals surface area contributed by atoms with E-state index in [0.29, 0.717) is 13.0 Å². The van der Waals surface area contributed by atoms with Gasteiger partial charge in [0.05, 0.1) is 0 Å². The summed E-state index contributed by atoms with van der Waals surface area (Å²) in [7, 11) is 0. The van der Waals surface area contributed by atoms with Crippen LogP contribution in [-0.2, 0) is 12.8 Å². The van der Waals surface area contributed by atoms with Crippen molar-refractivity contribution < 1.29 is 4.39 Å². The van der Waals surface area contributed by atoms with Crippen molar-refractivity contribution >= 4 is 11.4 Å². The van der Waals surface area contributed by atoms with Gasteiger partial charge in [-0.3, -0.25) is 0 Å². The standard InChI is InChI=1S/C17H19FN2/c18-15-7-8-17(14(12-15)9-10-19)20-11-3-5-13-4-1-2-6-16(13)20/h1-2,4,6-8,12H,3,5,9-11,19H2. The molecule has 0 unspecified atom stereocenters. The first-order valence-corrected chi connectivity index (χ1v) is 7.13. The molecular formula is C17H19FN2. The van der Waals surface area contributed by atoms with Gasteiger partial charge in [-0.15, -0.1) is 0 Å². The van der Waals surface area contributed by atoms with E-state index in [1.165, 1.54) is 17.3 Å². The van der Waals surface area contributed by atoms with Gasteiger partial charge in [-0.2, -0.15) is 0 Å². The average Bonchev–Trinajstić information content (AvgIpc) is 2.47. The van der Waals surface area contributed by atoms with Crippen LogP contribution in [0.1, 0.15) is 17.5 Å². The molecule has 0 bridgehead atoms. The Morgan fingerprint density at radius 3 is 2.80 bits per heavy atom. The number of fused-ring (bicyclic) bond motifs is 1. The summed E-state index contributed by atoms with van der Waals surface area (Å²) in [5.41, 5.74) is 10.3. The van der Waals surface area contributed by atoms with Crippen molar-refractivity contribution in [3.05, 3.63) is 59.4 Å². The second-order valence-corrected chi connectivity index (χ2v) is 5.20. The number of nitrogens with zero attached hydrogens (tertiary/aromatic N) is 1. The highest BCUT2D eigenvalue weighted by atomic mass is 19.1. The second kappa shape index (κ2) is 5.63. The van der Waals surface area contributed by atoms with E-state index < -0.39 is 0 Å². The molecule has 0 amide bonds. The molecule has 1 heterocycles. The van der Waals surface area contributed by atoms with Gasteiger partial charge in [0.1, 0.15) is 5.82 Å². The van der Waals surface area contributed by atoms with Crippen molar-refractivity contribution in [1.82, 2.24) is 0 Å².